The van der Waals surface area contributed by atoms with Crippen LogP contribution in [0.1, 0.15) is 19.4 Å². The van der Waals surface area contributed by atoms with Crippen molar-refractivity contribution in [1.82, 2.24) is 4.90 Å². The quantitative estimate of drug-likeness (QED) is 0.628. The fourth-order valence-corrected chi connectivity index (χ4v) is 1.76. The van der Waals surface area contributed by atoms with Crippen LogP contribution in [0, 0.1) is 10.1 Å². The second-order valence-corrected chi connectivity index (χ2v) is 4.61. The third kappa shape index (κ3) is 4.34. The number of hydrogen-bond acceptors (Lipinski definition) is 4. The molecule has 1 aromatic rings. The second kappa shape index (κ2) is 6.65. The standard InChI is InChI=1S/C13H16N2O5/c1-9(2)14(8-13(17)18)12(16)7-10-4-3-5-11(6-10)15(19)20/h3-6,9H,7-8H2,1-2H3,(H,17,18). The van der Waals surface area contributed by atoms with E-state index in [-0.39, 0.29) is 30.6 Å². The Labute approximate surface area is 116 Å². The van der Waals surface area contributed by atoms with Gasteiger partial charge in [0.2, 0.25) is 5.91 Å². The van der Waals surface area contributed by atoms with Crippen LogP contribution in [0.4, 0.5) is 5.69 Å². The minimum absolute atomic E-state index is 0.0624. The summed E-state index contributed by atoms with van der Waals surface area (Å²) in [5, 5.41) is 19.4. The van der Waals surface area contributed by atoms with Crippen molar-refractivity contribution in [3.05, 3.63) is 39.9 Å². The largest absolute Gasteiger partial charge is 0.480 e. The number of carbonyl (C=O) groups is 2. The summed E-state index contributed by atoms with van der Waals surface area (Å²) in [4.78, 5) is 34.1. The molecule has 7 heteroatoms. The number of hydrogen-bond donors (Lipinski definition) is 1. The number of amides is 1. The molecule has 0 aliphatic heterocycles. The zero-order chi connectivity index (χ0) is 15.3. The zero-order valence-corrected chi connectivity index (χ0v) is 11.3. The Bertz CT molecular complexity index is 527. The molecular formula is C13H16N2O5. The lowest BCUT2D eigenvalue weighted by Gasteiger charge is -2.24. The van der Waals surface area contributed by atoms with Gasteiger partial charge in [-0.15, -0.1) is 0 Å². The van der Waals surface area contributed by atoms with E-state index in [9.17, 15) is 19.7 Å². The van der Waals surface area contributed by atoms with E-state index in [4.69, 9.17) is 5.11 Å². The second-order valence-electron chi connectivity index (χ2n) is 4.61. The van der Waals surface area contributed by atoms with E-state index in [1.165, 1.54) is 23.1 Å². The molecule has 0 aliphatic rings. The number of nitrogens with zero attached hydrogens (tertiary/aromatic N) is 2. The predicted molar refractivity (Wildman–Crippen MR) is 71.3 cm³/mol. The lowest BCUT2D eigenvalue weighted by Crippen LogP contribution is -2.41. The summed E-state index contributed by atoms with van der Waals surface area (Å²) in [5.41, 5.74) is 0.393. The van der Waals surface area contributed by atoms with Crippen LogP contribution in [-0.2, 0) is 16.0 Å². The topological polar surface area (TPSA) is 101 Å². The minimum Gasteiger partial charge on any atom is -0.480 e. The van der Waals surface area contributed by atoms with Crippen molar-refractivity contribution in [2.75, 3.05) is 6.54 Å². The molecule has 0 heterocycles. The van der Waals surface area contributed by atoms with Crippen LogP contribution in [0.3, 0.4) is 0 Å². The molecule has 0 saturated carbocycles. The normalized spacial score (nSPS) is 10.3. The van der Waals surface area contributed by atoms with Gasteiger partial charge in [0.25, 0.3) is 5.69 Å². The SMILES string of the molecule is CC(C)N(CC(=O)O)C(=O)Cc1cccc([N+](=O)[O-])c1. The Hall–Kier alpha value is -2.44. The monoisotopic (exact) mass is 280 g/mol. The summed E-state index contributed by atoms with van der Waals surface area (Å²) in [6, 6.07) is 5.50. The fraction of sp³-hybridized carbons (Fsp3) is 0.385. The number of carboxylic acid groups (broad SMARTS) is 1. The lowest BCUT2D eigenvalue weighted by atomic mass is 10.1. The van der Waals surface area contributed by atoms with Crippen LogP contribution in [0.2, 0.25) is 0 Å². The summed E-state index contributed by atoms with van der Waals surface area (Å²) < 4.78 is 0. The van der Waals surface area contributed by atoms with Crippen molar-refractivity contribution in [3.63, 3.8) is 0 Å². The van der Waals surface area contributed by atoms with Crippen LogP contribution < -0.4 is 0 Å². The maximum Gasteiger partial charge on any atom is 0.323 e. The van der Waals surface area contributed by atoms with Crippen molar-refractivity contribution in [2.45, 2.75) is 26.3 Å². The van der Waals surface area contributed by atoms with Gasteiger partial charge in [-0.25, -0.2) is 0 Å². The molecule has 0 aromatic heterocycles. The van der Waals surface area contributed by atoms with Crippen LogP contribution in [0.15, 0.2) is 24.3 Å². The summed E-state index contributed by atoms with van der Waals surface area (Å²) in [6.07, 6.45) is -0.0624. The van der Waals surface area contributed by atoms with E-state index in [1.807, 2.05) is 0 Å². The maximum atomic E-state index is 12.1. The fourth-order valence-electron chi connectivity index (χ4n) is 1.76. The number of benzene rings is 1. The molecule has 0 fully saturated rings. The Morgan fingerprint density at radius 3 is 2.55 bits per heavy atom. The number of aliphatic carboxylic acids is 1. The predicted octanol–water partition coefficient (Wildman–Crippen LogP) is 1.46. The maximum absolute atomic E-state index is 12.1. The lowest BCUT2D eigenvalue weighted by molar-refractivity contribution is -0.384. The highest BCUT2D eigenvalue weighted by molar-refractivity contribution is 5.83. The molecule has 0 bridgehead atoms. The average molecular weight is 280 g/mol. The van der Waals surface area contributed by atoms with Gasteiger partial charge in [-0.3, -0.25) is 19.7 Å². The summed E-state index contributed by atoms with van der Waals surface area (Å²) in [6.45, 7) is 3.05. The van der Waals surface area contributed by atoms with Crippen molar-refractivity contribution in [1.29, 1.82) is 0 Å². The van der Waals surface area contributed by atoms with Gasteiger partial charge in [-0.2, -0.15) is 0 Å². The van der Waals surface area contributed by atoms with Gasteiger partial charge in [0.15, 0.2) is 0 Å². The molecule has 0 spiro atoms. The molecular weight excluding hydrogens is 264 g/mol. The van der Waals surface area contributed by atoms with E-state index >= 15 is 0 Å². The Balaban J connectivity index is 2.85. The average Bonchev–Trinajstić information content (AvgIpc) is 2.35. The number of non-ortho nitro benzene ring substituents is 1. The van der Waals surface area contributed by atoms with E-state index < -0.39 is 10.9 Å². The highest BCUT2D eigenvalue weighted by Crippen LogP contribution is 2.14. The van der Waals surface area contributed by atoms with E-state index in [0.717, 1.165) is 0 Å². The van der Waals surface area contributed by atoms with Gasteiger partial charge in [-0.1, -0.05) is 12.1 Å². The van der Waals surface area contributed by atoms with Crippen molar-refractivity contribution < 1.29 is 19.6 Å². The summed E-state index contributed by atoms with van der Waals surface area (Å²) >= 11 is 0. The van der Waals surface area contributed by atoms with Gasteiger partial charge >= 0.3 is 5.97 Å². The first-order chi connectivity index (χ1) is 9.31. The molecule has 1 amide bonds. The van der Waals surface area contributed by atoms with Crippen molar-refractivity contribution in [3.8, 4) is 0 Å². The van der Waals surface area contributed by atoms with E-state index in [2.05, 4.69) is 0 Å². The molecule has 0 unspecified atom stereocenters. The van der Waals surface area contributed by atoms with Gasteiger partial charge in [0.05, 0.1) is 11.3 Å². The smallest absolute Gasteiger partial charge is 0.323 e. The number of nitro groups is 1. The van der Waals surface area contributed by atoms with Gasteiger partial charge < -0.3 is 10.0 Å². The van der Waals surface area contributed by atoms with Crippen LogP contribution >= 0.6 is 0 Å². The highest BCUT2D eigenvalue weighted by atomic mass is 16.6. The zero-order valence-electron chi connectivity index (χ0n) is 11.3. The van der Waals surface area contributed by atoms with Crippen LogP contribution in [-0.4, -0.2) is 39.4 Å². The first-order valence-corrected chi connectivity index (χ1v) is 6.06. The number of rotatable bonds is 6. The Morgan fingerprint density at radius 2 is 2.05 bits per heavy atom. The Morgan fingerprint density at radius 1 is 1.40 bits per heavy atom. The number of carboxylic acids is 1. The molecule has 0 saturated heterocycles. The van der Waals surface area contributed by atoms with Gasteiger partial charge in [0, 0.05) is 18.2 Å². The number of nitro benzene ring substituents is 1. The Kier molecular flexibility index (Phi) is 5.19. The third-order valence-corrected chi connectivity index (χ3v) is 2.73. The van der Waals surface area contributed by atoms with Crippen molar-refractivity contribution >= 4 is 17.6 Å². The van der Waals surface area contributed by atoms with Gasteiger partial charge in [-0.05, 0) is 19.4 Å². The molecule has 1 aromatic carbocycles. The number of carbonyl (C=O) groups excluding carboxylic acids is 1. The molecule has 0 aliphatic carbocycles. The summed E-state index contributed by atoms with van der Waals surface area (Å²) in [7, 11) is 0. The van der Waals surface area contributed by atoms with E-state index in [0.29, 0.717) is 5.56 Å². The summed E-state index contributed by atoms with van der Waals surface area (Å²) in [5.74, 6) is -1.46. The molecule has 0 radical (unpaired) electrons. The molecule has 7 nitrogen and oxygen atoms in total. The molecule has 108 valence electrons. The van der Waals surface area contributed by atoms with Gasteiger partial charge in [0.1, 0.15) is 6.54 Å². The minimum atomic E-state index is -1.09. The van der Waals surface area contributed by atoms with Crippen LogP contribution in [0.25, 0.3) is 0 Å². The van der Waals surface area contributed by atoms with E-state index in [1.54, 1.807) is 19.9 Å². The van der Waals surface area contributed by atoms with Crippen LogP contribution in [0.5, 0.6) is 0 Å². The van der Waals surface area contributed by atoms with Crippen molar-refractivity contribution in [2.24, 2.45) is 0 Å². The molecule has 20 heavy (non-hydrogen) atoms. The third-order valence-electron chi connectivity index (χ3n) is 2.73. The molecule has 0 atom stereocenters. The highest BCUT2D eigenvalue weighted by Gasteiger charge is 2.20. The molecule has 1 rings (SSSR count). The molecule has 1 N–H and O–H groups in total. The first kappa shape index (κ1) is 15.6. The first-order valence-electron chi connectivity index (χ1n) is 6.06.